The van der Waals surface area contributed by atoms with Crippen LogP contribution in [0, 0.1) is 5.82 Å². The van der Waals surface area contributed by atoms with Gasteiger partial charge in [-0.15, -0.1) is 0 Å². The lowest BCUT2D eigenvalue weighted by Gasteiger charge is -2.48. The summed E-state index contributed by atoms with van der Waals surface area (Å²) < 4.78 is 61.8. The zero-order valence-corrected chi connectivity index (χ0v) is 31.1. The van der Waals surface area contributed by atoms with E-state index in [2.05, 4.69) is 9.97 Å². The van der Waals surface area contributed by atoms with Gasteiger partial charge in [0.15, 0.2) is 12.6 Å². The highest BCUT2D eigenvalue weighted by Crippen LogP contribution is 2.31. The van der Waals surface area contributed by atoms with E-state index < -0.39 is 125 Å². The number of aliphatic hydroxyl groups excluding tert-OH is 7. The fourth-order valence-electron chi connectivity index (χ4n) is 6.62. The van der Waals surface area contributed by atoms with Crippen molar-refractivity contribution in [2.24, 2.45) is 22.9 Å². The van der Waals surface area contributed by atoms with Crippen molar-refractivity contribution in [1.82, 2.24) is 9.97 Å². The molecule has 1 aromatic heterocycles. The van der Waals surface area contributed by atoms with Crippen LogP contribution in [-0.2, 0) is 29.0 Å². The summed E-state index contributed by atoms with van der Waals surface area (Å²) in [5.41, 5.74) is 22.4. The van der Waals surface area contributed by atoms with E-state index in [1.165, 1.54) is 43.4 Å². The highest BCUT2D eigenvalue weighted by Gasteiger charge is 2.51. The maximum Gasteiger partial charge on any atom is 0.314 e. The number of fused-ring (bicyclic) bond motifs is 1. The van der Waals surface area contributed by atoms with Crippen molar-refractivity contribution < 1.29 is 67.5 Å². The highest BCUT2D eigenvalue weighted by atomic mass is 32.2. The van der Waals surface area contributed by atoms with Gasteiger partial charge in [0.2, 0.25) is 0 Å². The Morgan fingerprint density at radius 2 is 1.37 bits per heavy atom. The zero-order chi connectivity index (χ0) is 42.1. The van der Waals surface area contributed by atoms with Gasteiger partial charge in [-0.3, -0.25) is 13.9 Å². The van der Waals surface area contributed by atoms with Crippen LogP contribution in [0.2, 0.25) is 0 Å². The number of H-pyrrole nitrogens is 2. The van der Waals surface area contributed by atoms with E-state index >= 15 is 0 Å². The molecule has 24 heteroatoms. The number of rotatable bonds is 9. The summed E-state index contributed by atoms with van der Waals surface area (Å²) in [4.78, 5) is 27.2. The van der Waals surface area contributed by atoms with Gasteiger partial charge in [0.1, 0.15) is 66.9 Å². The number of aromatic nitrogens is 2. The number of nitrogens with one attached hydrogen (secondary N) is 2. The van der Waals surface area contributed by atoms with Gasteiger partial charge in [-0.25, -0.2) is 12.8 Å². The smallest absolute Gasteiger partial charge is 0.314 e. The fraction of sp³-hybridized carbons (Fsp3) is 0.576. The van der Waals surface area contributed by atoms with Crippen LogP contribution in [0.3, 0.4) is 0 Å². The molecular weight excluding hydrogens is 785 g/mol. The van der Waals surface area contributed by atoms with Gasteiger partial charge in [-0.2, -0.15) is 0 Å². The third-order valence-corrected chi connectivity index (χ3v) is 11.8. The van der Waals surface area contributed by atoms with Gasteiger partial charge in [0.25, 0.3) is 10.0 Å². The maximum absolute atomic E-state index is 13.3. The van der Waals surface area contributed by atoms with Crippen LogP contribution in [-0.4, -0.2) is 166 Å². The van der Waals surface area contributed by atoms with Crippen molar-refractivity contribution in [3.63, 3.8) is 0 Å². The summed E-state index contributed by atoms with van der Waals surface area (Å²) in [6.45, 7) is -0.763. The van der Waals surface area contributed by atoms with E-state index in [4.69, 9.17) is 41.9 Å². The molecule has 2 aliphatic heterocycles. The lowest BCUT2D eigenvalue weighted by atomic mass is 9.84. The molecule has 0 amide bonds. The third-order valence-electron chi connectivity index (χ3n) is 10.0. The Balaban J connectivity index is 0.000000228. The molecule has 318 valence electrons. The molecule has 6 rings (SSSR count). The number of benzene rings is 2. The van der Waals surface area contributed by atoms with Crippen molar-refractivity contribution in [2.75, 3.05) is 24.5 Å². The normalized spacial score (nSPS) is 36.0. The van der Waals surface area contributed by atoms with Crippen molar-refractivity contribution in [2.45, 2.75) is 103 Å². The van der Waals surface area contributed by atoms with Gasteiger partial charge in [0, 0.05) is 25.7 Å². The van der Waals surface area contributed by atoms with Gasteiger partial charge < -0.3 is 87.6 Å². The van der Waals surface area contributed by atoms with E-state index in [1.807, 2.05) is 0 Å². The first-order valence-corrected chi connectivity index (χ1v) is 19.0. The summed E-state index contributed by atoms with van der Waals surface area (Å²) in [6.07, 6.45) is -16.5. The minimum Gasteiger partial charge on any atom is -0.394 e. The van der Waals surface area contributed by atoms with Crippen molar-refractivity contribution in [3.05, 3.63) is 69.0 Å². The summed E-state index contributed by atoms with van der Waals surface area (Å²) in [6, 6.07) is 6.21. The number of nitrogens with zero attached hydrogens (tertiary/aromatic N) is 1. The van der Waals surface area contributed by atoms with Crippen LogP contribution >= 0.6 is 0 Å². The number of aromatic amines is 2. The molecule has 2 aromatic carbocycles. The van der Waals surface area contributed by atoms with Crippen molar-refractivity contribution in [3.8, 4) is 0 Å². The van der Waals surface area contributed by atoms with Gasteiger partial charge in [-0.05, 0) is 42.8 Å². The van der Waals surface area contributed by atoms with E-state index in [-0.39, 0.29) is 29.1 Å². The summed E-state index contributed by atoms with van der Waals surface area (Å²) in [7, 11) is -2.68. The molecule has 15 atom stereocenters. The molecule has 0 spiro atoms. The van der Waals surface area contributed by atoms with Crippen LogP contribution in [0.1, 0.15) is 6.42 Å². The molecular formula is C33H48FN7O15S. The van der Waals surface area contributed by atoms with Crippen LogP contribution in [0.25, 0.3) is 11.0 Å². The van der Waals surface area contributed by atoms with Crippen LogP contribution in [0.5, 0.6) is 0 Å². The minimum absolute atomic E-state index is 0.0849. The van der Waals surface area contributed by atoms with Crippen LogP contribution in [0.4, 0.5) is 10.1 Å². The number of ether oxygens (including phenoxy) is 4. The first-order valence-electron chi connectivity index (χ1n) is 17.6. The average molecular weight is 834 g/mol. The number of anilines is 1. The van der Waals surface area contributed by atoms with E-state index in [0.29, 0.717) is 5.52 Å². The predicted molar refractivity (Wildman–Crippen MR) is 195 cm³/mol. The van der Waals surface area contributed by atoms with Crippen LogP contribution < -0.4 is 38.4 Å². The molecule has 3 fully saturated rings. The minimum atomic E-state index is -3.97. The maximum atomic E-state index is 13.3. The molecule has 3 heterocycles. The highest BCUT2D eigenvalue weighted by molar-refractivity contribution is 7.92. The second-order valence-corrected chi connectivity index (χ2v) is 15.8. The number of hydrogen-bond acceptors (Lipinski definition) is 19. The first-order chi connectivity index (χ1) is 26.8. The monoisotopic (exact) mass is 833 g/mol. The SMILES string of the molecule is CN(c1cccc(F)c1)S(=O)(=O)c1ccc2[nH]c(=O)c(=O)[nH]c2c1.NC[C@H]1O[C@H](O[C@H]2[C@H](O)[C@@H](O[C@H]3O[C@H](CO)[C@@H](O)[C@H](N)[C@H]3O)[C@H](N)C[C@@H]2N)[C@H](O)[C@@H](O)[C@@H]1O. The Bertz CT molecular complexity index is 2010. The average Bonchev–Trinajstić information content (AvgIpc) is 3.18. The Hall–Kier alpha value is -3.54. The number of sulfonamides is 1. The molecule has 1 saturated carbocycles. The van der Waals surface area contributed by atoms with Gasteiger partial charge in [-0.1, -0.05) is 6.07 Å². The van der Waals surface area contributed by atoms with Crippen LogP contribution in [0.15, 0.2) is 56.9 Å². The lowest BCUT2D eigenvalue weighted by molar-refractivity contribution is -0.332. The topological polar surface area (TPSA) is 386 Å². The largest absolute Gasteiger partial charge is 0.394 e. The molecule has 0 radical (unpaired) electrons. The Kier molecular flexibility index (Phi) is 14.2. The molecule has 0 bridgehead atoms. The molecule has 0 unspecified atom stereocenters. The van der Waals surface area contributed by atoms with Crippen molar-refractivity contribution in [1.29, 1.82) is 0 Å². The number of aliphatic hydroxyl groups is 7. The first kappa shape index (κ1) is 44.6. The standard InChI is InChI=1S/C18H36N4O11.C15H12FN3O4S/c19-2-6-10(25)12(27)13(28)18(30-6)33-16-5(21)1-4(20)15(14(16)29)32-17-11(26)8(22)9(24)7(3-23)31-17;1-19(10-4-2-3-9(16)7-10)24(22,23)11-5-6-12-13(8-11)18-15(21)14(20)17-12/h4-18,23-29H,1-3,19-22H2;2-8H,1H3,(H,17,20)(H,18,21)/t4-,5+,6-,7-,8+,9-,10-,11-,12+,13-,14-,15+,16-,17-,18-;/m1./s1. The zero-order valence-electron chi connectivity index (χ0n) is 30.3. The van der Waals surface area contributed by atoms with Gasteiger partial charge in [0.05, 0.1) is 34.3 Å². The fourth-order valence-corrected chi connectivity index (χ4v) is 7.84. The molecule has 57 heavy (non-hydrogen) atoms. The third kappa shape index (κ3) is 9.36. The molecule has 3 aromatic rings. The Morgan fingerprint density at radius 1 is 0.789 bits per heavy atom. The van der Waals surface area contributed by atoms with Crippen molar-refractivity contribution >= 4 is 26.7 Å². The Labute approximate surface area is 323 Å². The molecule has 22 nitrogen and oxygen atoms in total. The number of nitrogens with two attached hydrogens (primary N) is 4. The summed E-state index contributed by atoms with van der Waals surface area (Å²) >= 11 is 0. The predicted octanol–water partition coefficient (Wildman–Crippen LogP) is -6.11. The molecule has 2 saturated heterocycles. The van der Waals surface area contributed by atoms with E-state index in [9.17, 15) is 58.1 Å². The molecule has 1 aliphatic carbocycles. The van der Waals surface area contributed by atoms with E-state index in [0.717, 1.165) is 10.4 Å². The number of hydrogen-bond donors (Lipinski definition) is 13. The summed E-state index contributed by atoms with van der Waals surface area (Å²) in [5, 5.41) is 70.9. The summed E-state index contributed by atoms with van der Waals surface area (Å²) in [5.74, 6) is -0.560. The van der Waals surface area contributed by atoms with E-state index in [1.54, 1.807) is 0 Å². The molecule has 17 N–H and O–H groups in total. The second-order valence-electron chi connectivity index (χ2n) is 13.9. The second kappa shape index (κ2) is 18.2. The Morgan fingerprint density at radius 3 is 1.95 bits per heavy atom. The quantitative estimate of drug-likeness (QED) is 0.0892. The number of halogens is 1. The molecule has 3 aliphatic rings. The van der Waals surface area contributed by atoms with Gasteiger partial charge >= 0.3 is 11.1 Å². The lowest BCUT2D eigenvalue weighted by Crippen LogP contribution is -2.68.